The van der Waals surface area contributed by atoms with Gasteiger partial charge in [-0.25, -0.2) is 0 Å². The van der Waals surface area contributed by atoms with Gasteiger partial charge in [-0.15, -0.1) is 0 Å². The van der Waals surface area contributed by atoms with Crippen LogP contribution in [0.4, 0.5) is 0 Å². The van der Waals surface area contributed by atoms with Gasteiger partial charge in [-0.2, -0.15) is 0 Å². The fourth-order valence-corrected chi connectivity index (χ4v) is 4.20. The van der Waals surface area contributed by atoms with Gasteiger partial charge in [-0.1, -0.05) is 59.7 Å². The standard InChI is InChI=1S/C26H36N4O/c1-4-27-26(28-12-10-23-15-20(2)14-21(3)16-23)29-18-24-17-25(31)30(19-24)13-11-22-8-6-5-7-9-22/h5-9,14-16,24H,4,10-13,17-19H2,1-3H3,(H2,27,28,29). The first-order valence-corrected chi connectivity index (χ1v) is 11.4. The fraction of sp³-hybridized carbons (Fsp3) is 0.462. The summed E-state index contributed by atoms with van der Waals surface area (Å²) in [5.74, 6) is 1.38. The summed E-state index contributed by atoms with van der Waals surface area (Å²) >= 11 is 0. The number of likely N-dealkylation sites (tertiary alicyclic amines) is 1. The third-order valence-corrected chi connectivity index (χ3v) is 5.65. The fourth-order valence-electron chi connectivity index (χ4n) is 4.20. The van der Waals surface area contributed by atoms with Crippen molar-refractivity contribution in [3.8, 4) is 0 Å². The van der Waals surface area contributed by atoms with Crippen LogP contribution < -0.4 is 10.6 Å². The van der Waals surface area contributed by atoms with Crippen molar-refractivity contribution in [3.05, 3.63) is 70.8 Å². The van der Waals surface area contributed by atoms with Gasteiger partial charge in [0, 0.05) is 45.1 Å². The van der Waals surface area contributed by atoms with E-state index < -0.39 is 0 Å². The predicted molar refractivity (Wildman–Crippen MR) is 128 cm³/mol. The number of amides is 1. The van der Waals surface area contributed by atoms with Crippen LogP contribution in [-0.2, 0) is 17.6 Å². The molecule has 1 aliphatic rings. The van der Waals surface area contributed by atoms with Crippen molar-refractivity contribution in [1.29, 1.82) is 0 Å². The monoisotopic (exact) mass is 420 g/mol. The molecule has 0 saturated carbocycles. The molecule has 0 aromatic heterocycles. The molecule has 166 valence electrons. The number of carbonyl (C=O) groups is 1. The van der Waals surface area contributed by atoms with E-state index in [1.165, 1.54) is 22.3 Å². The molecule has 1 fully saturated rings. The molecule has 2 aromatic rings. The Morgan fingerprint density at radius 2 is 1.77 bits per heavy atom. The SMILES string of the molecule is CCNC(=NCC1CC(=O)N(CCc2ccccc2)C1)NCCc1cc(C)cc(C)c1. The van der Waals surface area contributed by atoms with Gasteiger partial charge < -0.3 is 15.5 Å². The highest BCUT2D eigenvalue weighted by Gasteiger charge is 2.28. The number of hydrogen-bond donors (Lipinski definition) is 2. The summed E-state index contributed by atoms with van der Waals surface area (Å²) in [5, 5.41) is 6.77. The lowest BCUT2D eigenvalue weighted by Crippen LogP contribution is -2.38. The lowest BCUT2D eigenvalue weighted by molar-refractivity contribution is -0.127. The van der Waals surface area contributed by atoms with Gasteiger partial charge in [0.1, 0.15) is 0 Å². The summed E-state index contributed by atoms with van der Waals surface area (Å²) < 4.78 is 0. The minimum atomic E-state index is 0.254. The maximum absolute atomic E-state index is 12.4. The molecule has 0 bridgehead atoms. The molecule has 0 radical (unpaired) electrons. The van der Waals surface area contributed by atoms with E-state index in [0.29, 0.717) is 13.0 Å². The molecule has 3 rings (SSSR count). The minimum Gasteiger partial charge on any atom is -0.357 e. The van der Waals surface area contributed by atoms with Gasteiger partial charge in [0.05, 0.1) is 0 Å². The number of nitrogens with one attached hydrogen (secondary N) is 2. The number of rotatable bonds is 9. The van der Waals surface area contributed by atoms with Crippen molar-refractivity contribution in [3.63, 3.8) is 0 Å². The van der Waals surface area contributed by atoms with E-state index >= 15 is 0 Å². The molecule has 1 aliphatic heterocycles. The summed E-state index contributed by atoms with van der Waals surface area (Å²) in [6.07, 6.45) is 2.47. The number of aliphatic imine (C=N–C) groups is 1. The highest BCUT2D eigenvalue weighted by Crippen LogP contribution is 2.18. The molecule has 1 atom stereocenters. The van der Waals surface area contributed by atoms with Crippen LogP contribution in [0.25, 0.3) is 0 Å². The van der Waals surface area contributed by atoms with Gasteiger partial charge in [-0.05, 0) is 44.7 Å². The van der Waals surface area contributed by atoms with Crippen molar-refractivity contribution in [2.24, 2.45) is 10.9 Å². The lowest BCUT2D eigenvalue weighted by Gasteiger charge is -2.16. The van der Waals surface area contributed by atoms with Crippen molar-refractivity contribution in [1.82, 2.24) is 15.5 Å². The Labute approximate surface area is 187 Å². The molecule has 5 heteroatoms. The van der Waals surface area contributed by atoms with Gasteiger partial charge in [0.2, 0.25) is 5.91 Å². The van der Waals surface area contributed by atoms with E-state index in [2.05, 4.69) is 61.7 Å². The zero-order valence-corrected chi connectivity index (χ0v) is 19.2. The van der Waals surface area contributed by atoms with Gasteiger partial charge in [0.25, 0.3) is 0 Å². The van der Waals surface area contributed by atoms with E-state index in [0.717, 1.165) is 45.0 Å². The molecule has 1 heterocycles. The Bertz CT molecular complexity index is 858. The van der Waals surface area contributed by atoms with Crippen LogP contribution in [0.5, 0.6) is 0 Å². The van der Waals surface area contributed by atoms with Crippen molar-refractivity contribution >= 4 is 11.9 Å². The topological polar surface area (TPSA) is 56.7 Å². The van der Waals surface area contributed by atoms with Crippen LogP contribution in [0.3, 0.4) is 0 Å². The zero-order valence-electron chi connectivity index (χ0n) is 19.2. The van der Waals surface area contributed by atoms with Crippen LogP contribution in [-0.4, -0.2) is 49.5 Å². The number of carbonyl (C=O) groups excluding carboxylic acids is 1. The number of aryl methyl sites for hydroxylation is 2. The number of guanidine groups is 1. The Kier molecular flexibility index (Phi) is 8.51. The van der Waals surface area contributed by atoms with E-state index in [1.54, 1.807) is 0 Å². The van der Waals surface area contributed by atoms with Crippen LogP contribution in [0.15, 0.2) is 53.5 Å². The van der Waals surface area contributed by atoms with Gasteiger partial charge in [0.15, 0.2) is 5.96 Å². The highest BCUT2D eigenvalue weighted by molar-refractivity contribution is 5.80. The molecule has 1 amide bonds. The lowest BCUT2D eigenvalue weighted by atomic mass is 10.1. The molecule has 0 spiro atoms. The van der Waals surface area contributed by atoms with Gasteiger partial charge >= 0.3 is 0 Å². The minimum absolute atomic E-state index is 0.254. The third kappa shape index (κ3) is 7.42. The summed E-state index contributed by atoms with van der Waals surface area (Å²) in [4.78, 5) is 19.2. The van der Waals surface area contributed by atoms with Crippen LogP contribution >= 0.6 is 0 Å². The summed E-state index contributed by atoms with van der Waals surface area (Å²) in [7, 11) is 0. The Hall–Kier alpha value is -2.82. The normalized spacial score (nSPS) is 16.6. The van der Waals surface area contributed by atoms with Crippen molar-refractivity contribution in [2.75, 3.05) is 32.7 Å². The molecule has 2 N–H and O–H groups in total. The average Bonchev–Trinajstić information content (AvgIpc) is 3.10. The summed E-state index contributed by atoms with van der Waals surface area (Å²) in [6, 6.07) is 17.1. The first-order chi connectivity index (χ1) is 15.0. The maximum atomic E-state index is 12.4. The van der Waals surface area contributed by atoms with E-state index in [1.807, 2.05) is 23.1 Å². The molecule has 1 unspecified atom stereocenters. The molecule has 2 aromatic carbocycles. The van der Waals surface area contributed by atoms with E-state index in [9.17, 15) is 4.79 Å². The van der Waals surface area contributed by atoms with Crippen LogP contribution in [0, 0.1) is 19.8 Å². The second-order valence-electron chi connectivity index (χ2n) is 8.54. The molecule has 0 aliphatic carbocycles. The second kappa shape index (κ2) is 11.5. The van der Waals surface area contributed by atoms with E-state index in [-0.39, 0.29) is 11.8 Å². The first kappa shape index (κ1) is 22.9. The average molecular weight is 421 g/mol. The second-order valence-corrected chi connectivity index (χ2v) is 8.54. The smallest absolute Gasteiger partial charge is 0.223 e. The van der Waals surface area contributed by atoms with Gasteiger partial charge in [-0.3, -0.25) is 9.79 Å². The number of hydrogen-bond acceptors (Lipinski definition) is 2. The first-order valence-electron chi connectivity index (χ1n) is 11.4. The third-order valence-electron chi connectivity index (χ3n) is 5.65. The molecule has 5 nitrogen and oxygen atoms in total. The zero-order chi connectivity index (χ0) is 22.1. The summed E-state index contributed by atoms with van der Waals surface area (Å²) in [6.45, 7) is 10.3. The number of nitrogens with zero attached hydrogens (tertiary/aromatic N) is 2. The van der Waals surface area contributed by atoms with E-state index in [4.69, 9.17) is 4.99 Å². The number of benzene rings is 2. The molecule has 31 heavy (non-hydrogen) atoms. The summed E-state index contributed by atoms with van der Waals surface area (Å²) in [5.41, 5.74) is 5.23. The van der Waals surface area contributed by atoms with Crippen LogP contribution in [0.2, 0.25) is 0 Å². The van der Waals surface area contributed by atoms with Crippen LogP contribution in [0.1, 0.15) is 35.6 Å². The largest absolute Gasteiger partial charge is 0.357 e. The quantitative estimate of drug-likeness (QED) is 0.482. The Morgan fingerprint density at radius 3 is 2.48 bits per heavy atom. The van der Waals surface area contributed by atoms with Crippen molar-refractivity contribution < 1.29 is 4.79 Å². The molecule has 1 saturated heterocycles. The van der Waals surface area contributed by atoms with Crippen molar-refractivity contribution in [2.45, 2.75) is 40.0 Å². The Morgan fingerprint density at radius 1 is 1.03 bits per heavy atom. The Balaban J connectivity index is 1.46. The highest BCUT2D eigenvalue weighted by atomic mass is 16.2. The predicted octanol–water partition coefficient (Wildman–Crippen LogP) is 3.49. The molecular weight excluding hydrogens is 384 g/mol. The molecular formula is C26H36N4O. The maximum Gasteiger partial charge on any atom is 0.223 e.